The fourth-order valence-electron chi connectivity index (χ4n) is 3.90. The average molecular weight is 387 g/mol. The Bertz CT molecular complexity index is 744. The van der Waals surface area contributed by atoms with Crippen molar-refractivity contribution in [2.45, 2.75) is 52.0 Å². The van der Waals surface area contributed by atoms with Gasteiger partial charge in [-0.3, -0.25) is 14.8 Å². The van der Waals surface area contributed by atoms with Crippen LogP contribution in [0.2, 0.25) is 0 Å². The Morgan fingerprint density at radius 1 is 1.25 bits per heavy atom. The number of H-pyrrole nitrogens is 1. The van der Waals surface area contributed by atoms with Crippen molar-refractivity contribution in [1.29, 1.82) is 0 Å². The van der Waals surface area contributed by atoms with Crippen molar-refractivity contribution in [3.8, 4) is 0 Å². The molecule has 2 N–H and O–H groups in total. The van der Waals surface area contributed by atoms with Crippen molar-refractivity contribution in [2.75, 3.05) is 19.6 Å². The lowest BCUT2D eigenvalue weighted by atomic mass is 9.85. The van der Waals surface area contributed by atoms with E-state index in [2.05, 4.69) is 41.2 Å². The van der Waals surface area contributed by atoms with Crippen molar-refractivity contribution in [2.24, 2.45) is 5.41 Å². The third-order valence-corrected chi connectivity index (χ3v) is 5.34. The average Bonchev–Trinajstić information content (AvgIpc) is 3.16. The number of benzene rings is 1. The Kier molecular flexibility index (Phi) is 6.50. The third-order valence-electron chi connectivity index (χ3n) is 5.34. The van der Waals surface area contributed by atoms with Gasteiger partial charge in [-0.1, -0.05) is 32.9 Å². The van der Waals surface area contributed by atoms with E-state index in [-0.39, 0.29) is 23.2 Å². The molecule has 1 amide bonds. The van der Waals surface area contributed by atoms with E-state index >= 15 is 0 Å². The summed E-state index contributed by atoms with van der Waals surface area (Å²) in [4.78, 5) is 14.9. The molecule has 0 radical (unpaired) electrons. The Hall–Kier alpha value is -2.21. The molecule has 1 aromatic heterocycles. The largest absolute Gasteiger partial charge is 0.348 e. The highest BCUT2D eigenvalue weighted by molar-refractivity contribution is 5.78. The van der Waals surface area contributed by atoms with E-state index in [1.54, 1.807) is 18.3 Å². The molecule has 152 valence electrons. The normalized spacial score (nSPS) is 17.4. The lowest BCUT2D eigenvalue weighted by Gasteiger charge is -2.32. The van der Waals surface area contributed by atoms with Gasteiger partial charge in [0.05, 0.1) is 12.6 Å². The van der Waals surface area contributed by atoms with E-state index in [9.17, 15) is 9.18 Å². The maximum atomic E-state index is 13.3. The molecule has 1 unspecified atom stereocenters. The molecule has 2 heterocycles. The zero-order valence-electron chi connectivity index (χ0n) is 17.0. The second-order valence-corrected chi connectivity index (χ2v) is 9.00. The van der Waals surface area contributed by atoms with Gasteiger partial charge in [-0.2, -0.15) is 5.10 Å². The zero-order valence-corrected chi connectivity index (χ0v) is 17.0. The maximum Gasteiger partial charge on any atom is 0.234 e. The van der Waals surface area contributed by atoms with Crippen LogP contribution in [-0.4, -0.2) is 40.6 Å². The number of piperidine rings is 1. The van der Waals surface area contributed by atoms with Crippen LogP contribution in [0.1, 0.15) is 63.3 Å². The quantitative estimate of drug-likeness (QED) is 0.788. The van der Waals surface area contributed by atoms with Gasteiger partial charge in [0.2, 0.25) is 5.91 Å². The Morgan fingerprint density at radius 2 is 1.93 bits per heavy atom. The zero-order chi connectivity index (χ0) is 20.1. The smallest absolute Gasteiger partial charge is 0.234 e. The highest BCUT2D eigenvalue weighted by Gasteiger charge is 2.25. The molecular formula is C22H31FN4O. The number of nitrogens with zero attached hydrogens (tertiary/aromatic N) is 2. The van der Waals surface area contributed by atoms with Crippen LogP contribution in [0.4, 0.5) is 4.39 Å². The number of amides is 1. The molecule has 5 nitrogen and oxygen atoms in total. The van der Waals surface area contributed by atoms with E-state index in [1.807, 2.05) is 6.07 Å². The second-order valence-electron chi connectivity index (χ2n) is 9.00. The van der Waals surface area contributed by atoms with Crippen molar-refractivity contribution in [3.63, 3.8) is 0 Å². The summed E-state index contributed by atoms with van der Waals surface area (Å²) in [5.41, 5.74) is 2.18. The summed E-state index contributed by atoms with van der Waals surface area (Å²) in [5.74, 6) is 0.262. The Morgan fingerprint density at radius 3 is 2.50 bits per heavy atom. The molecule has 28 heavy (non-hydrogen) atoms. The highest BCUT2D eigenvalue weighted by atomic mass is 19.1. The lowest BCUT2D eigenvalue weighted by molar-refractivity contribution is -0.123. The fourth-order valence-corrected chi connectivity index (χ4v) is 3.90. The van der Waals surface area contributed by atoms with Gasteiger partial charge in [0, 0.05) is 17.8 Å². The van der Waals surface area contributed by atoms with Crippen LogP contribution in [0.25, 0.3) is 0 Å². The van der Waals surface area contributed by atoms with Crippen LogP contribution in [0, 0.1) is 11.2 Å². The van der Waals surface area contributed by atoms with Crippen LogP contribution in [0.15, 0.2) is 36.5 Å². The van der Waals surface area contributed by atoms with E-state index in [0.717, 1.165) is 37.9 Å². The number of hydrogen-bond donors (Lipinski definition) is 2. The summed E-state index contributed by atoms with van der Waals surface area (Å²) in [5, 5.41) is 10.3. The SMILES string of the molecule is CC(C)(C)CC(NC(=O)CN1CCC(c2ccn[nH]2)CC1)c1ccc(F)cc1. The van der Waals surface area contributed by atoms with Gasteiger partial charge >= 0.3 is 0 Å². The number of aromatic amines is 1. The van der Waals surface area contributed by atoms with E-state index in [0.29, 0.717) is 12.5 Å². The molecule has 1 aliphatic heterocycles. The molecule has 1 atom stereocenters. The maximum absolute atomic E-state index is 13.3. The van der Waals surface area contributed by atoms with Crippen LogP contribution in [0.5, 0.6) is 0 Å². The molecule has 1 aliphatic rings. The first-order valence-electron chi connectivity index (χ1n) is 10.1. The van der Waals surface area contributed by atoms with Crippen LogP contribution < -0.4 is 5.32 Å². The molecule has 0 bridgehead atoms. The number of nitrogens with one attached hydrogen (secondary N) is 2. The summed E-state index contributed by atoms with van der Waals surface area (Å²) < 4.78 is 13.3. The summed E-state index contributed by atoms with van der Waals surface area (Å²) in [7, 11) is 0. The molecule has 0 spiro atoms. The first kappa shape index (κ1) is 20.5. The predicted molar refractivity (Wildman–Crippen MR) is 108 cm³/mol. The highest BCUT2D eigenvalue weighted by Crippen LogP contribution is 2.30. The standard InChI is InChI=1S/C22H31FN4O/c1-22(2,3)14-20(16-4-6-18(23)7-5-16)25-21(28)15-27-12-9-17(10-13-27)19-8-11-24-26-19/h4-8,11,17,20H,9-10,12-15H2,1-3H3,(H,24,26)(H,25,28). The molecule has 0 saturated carbocycles. The minimum Gasteiger partial charge on any atom is -0.348 e. The number of aromatic nitrogens is 2. The minimum atomic E-state index is -0.260. The molecule has 1 saturated heterocycles. The molecule has 3 rings (SSSR count). The van der Waals surface area contributed by atoms with Gasteiger partial charge < -0.3 is 5.32 Å². The monoisotopic (exact) mass is 386 g/mol. The topological polar surface area (TPSA) is 61.0 Å². The first-order valence-corrected chi connectivity index (χ1v) is 10.1. The number of carbonyl (C=O) groups excluding carboxylic acids is 1. The number of halogens is 1. The molecule has 1 fully saturated rings. The first-order chi connectivity index (χ1) is 13.3. The van der Waals surface area contributed by atoms with Crippen molar-refractivity contribution in [1.82, 2.24) is 20.4 Å². The molecule has 0 aliphatic carbocycles. The van der Waals surface area contributed by atoms with Gasteiger partial charge in [0.25, 0.3) is 0 Å². The fraction of sp³-hybridized carbons (Fsp3) is 0.545. The molecule has 1 aromatic carbocycles. The summed E-state index contributed by atoms with van der Waals surface area (Å²) >= 11 is 0. The van der Waals surface area contributed by atoms with Crippen LogP contribution in [-0.2, 0) is 4.79 Å². The van der Waals surface area contributed by atoms with E-state index < -0.39 is 0 Å². The van der Waals surface area contributed by atoms with Crippen LogP contribution >= 0.6 is 0 Å². The van der Waals surface area contributed by atoms with Gasteiger partial charge in [0.1, 0.15) is 5.82 Å². The van der Waals surface area contributed by atoms with Crippen molar-refractivity contribution >= 4 is 5.91 Å². The number of likely N-dealkylation sites (tertiary alicyclic amines) is 1. The van der Waals surface area contributed by atoms with Gasteiger partial charge in [0.15, 0.2) is 0 Å². The number of carbonyl (C=O) groups is 1. The van der Waals surface area contributed by atoms with E-state index in [4.69, 9.17) is 0 Å². The molecule has 2 aromatic rings. The Balaban J connectivity index is 1.55. The summed E-state index contributed by atoms with van der Waals surface area (Å²) in [6, 6.07) is 8.36. The predicted octanol–water partition coefficient (Wildman–Crippen LogP) is 4.02. The number of hydrogen-bond acceptors (Lipinski definition) is 3. The molecule has 6 heteroatoms. The van der Waals surface area contributed by atoms with Crippen molar-refractivity contribution < 1.29 is 9.18 Å². The summed E-state index contributed by atoms with van der Waals surface area (Å²) in [6.07, 6.45) is 4.64. The molecular weight excluding hydrogens is 355 g/mol. The lowest BCUT2D eigenvalue weighted by Crippen LogP contribution is -2.42. The van der Waals surface area contributed by atoms with Crippen LogP contribution in [0.3, 0.4) is 0 Å². The van der Waals surface area contributed by atoms with E-state index in [1.165, 1.54) is 17.8 Å². The second kappa shape index (κ2) is 8.86. The Labute approximate surface area is 166 Å². The number of rotatable bonds is 6. The van der Waals surface area contributed by atoms with Crippen molar-refractivity contribution in [3.05, 3.63) is 53.6 Å². The van der Waals surface area contributed by atoms with Gasteiger partial charge in [-0.15, -0.1) is 0 Å². The third kappa shape index (κ3) is 5.89. The van der Waals surface area contributed by atoms with Gasteiger partial charge in [-0.05, 0) is 61.5 Å². The summed E-state index contributed by atoms with van der Waals surface area (Å²) in [6.45, 7) is 8.65. The van der Waals surface area contributed by atoms with Gasteiger partial charge in [-0.25, -0.2) is 4.39 Å². The minimum absolute atomic E-state index is 0.0264.